The normalized spacial score (nSPS) is 21.9. The summed E-state index contributed by atoms with van der Waals surface area (Å²) in [5, 5.41) is 14.5. The largest absolute Gasteiger partial charge is 0.409 e. The molecule has 1 unspecified atom stereocenters. The van der Waals surface area contributed by atoms with Gasteiger partial charge in [0.25, 0.3) is 0 Å². The fraction of sp³-hybridized carbons (Fsp3) is 0.818. The minimum Gasteiger partial charge on any atom is -0.409 e. The molecule has 1 fully saturated rings. The highest BCUT2D eigenvalue weighted by Crippen LogP contribution is 2.20. The lowest BCUT2D eigenvalue weighted by Gasteiger charge is -2.35. The van der Waals surface area contributed by atoms with Crippen molar-refractivity contribution in [2.24, 2.45) is 16.8 Å². The molecule has 1 aliphatic rings. The Morgan fingerprint density at radius 1 is 1.59 bits per heavy atom. The highest BCUT2D eigenvalue weighted by molar-refractivity contribution is 6.02. The maximum absolute atomic E-state index is 12.0. The van der Waals surface area contributed by atoms with E-state index in [1.54, 1.807) is 0 Å². The quantitative estimate of drug-likeness (QED) is 0.289. The number of nitrogens with zero attached hydrogens (tertiary/aromatic N) is 1. The lowest BCUT2D eigenvalue weighted by atomic mass is 9.91. The number of nitrogens with two attached hydrogens (primary N) is 1. The predicted octanol–water partition coefficient (Wildman–Crippen LogP) is 0.444. The number of ether oxygens (including phenoxy) is 1. The van der Waals surface area contributed by atoms with Crippen molar-refractivity contribution in [3.8, 4) is 0 Å². The first-order chi connectivity index (χ1) is 8.02. The Kier molecular flexibility index (Phi) is 4.74. The molecule has 0 aromatic rings. The number of carbonyl (C=O) groups is 1. The van der Waals surface area contributed by atoms with Crippen molar-refractivity contribution in [2.45, 2.75) is 38.6 Å². The SMILES string of the molecule is CCC(C(=O)NC1(C)CCOCC1)C(N)=NO. The second-order valence-electron chi connectivity index (χ2n) is 4.65. The van der Waals surface area contributed by atoms with Crippen molar-refractivity contribution in [1.82, 2.24) is 5.32 Å². The van der Waals surface area contributed by atoms with Crippen LogP contribution in [0.1, 0.15) is 33.1 Å². The van der Waals surface area contributed by atoms with Gasteiger partial charge in [0.1, 0.15) is 0 Å². The lowest BCUT2D eigenvalue weighted by molar-refractivity contribution is -0.126. The molecule has 6 heteroatoms. The topological polar surface area (TPSA) is 96.9 Å². The summed E-state index contributed by atoms with van der Waals surface area (Å²) >= 11 is 0. The Labute approximate surface area is 101 Å². The van der Waals surface area contributed by atoms with E-state index >= 15 is 0 Å². The molecule has 1 rings (SSSR count). The van der Waals surface area contributed by atoms with Crippen LogP contribution in [0, 0.1) is 5.92 Å². The van der Waals surface area contributed by atoms with E-state index in [1.807, 2.05) is 13.8 Å². The second kappa shape index (κ2) is 5.86. The number of hydrogen-bond donors (Lipinski definition) is 3. The minimum absolute atomic E-state index is 0.0411. The van der Waals surface area contributed by atoms with Crippen LogP contribution in [-0.2, 0) is 9.53 Å². The van der Waals surface area contributed by atoms with E-state index in [4.69, 9.17) is 15.7 Å². The first-order valence-corrected chi connectivity index (χ1v) is 5.89. The smallest absolute Gasteiger partial charge is 0.231 e. The van der Waals surface area contributed by atoms with Gasteiger partial charge in [-0.1, -0.05) is 12.1 Å². The molecule has 0 radical (unpaired) electrons. The lowest BCUT2D eigenvalue weighted by Crippen LogP contribution is -2.53. The van der Waals surface area contributed by atoms with Crippen molar-refractivity contribution in [3.05, 3.63) is 0 Å². The Balaban J connectivity index is 2.63. The highest BCUT2D eigenvalue weighted by atomic mass is 16.5. The maximum atomic E-state index is 12.0. The molecule has 0 spiro atoms. The number of amides is 1. The Morgan fingerprint density at radius 2 is 2.18 bits per heavy atom. The van der Waals surface area contributed by atoms with Gasteiger partial charge in [-0.3, -0.25) is 4.79 Å². The molecular weight excluding hydrogens is 222 g/mol. The summed E-state index contributed by atoms with van der Waals surface area (Å²) in [4.78, 5) is 12.0. The number of hydrogen-bond acceptors (Lipinski definition) is 4. The summed E-state index contributed by atoms with van der Waals surface area (Å²) in [6.07, 6.45) is 2.07. The number of rotatable bonds is 4. The van der Waals surface area contributed by atoms with E-state index in [-0.39, 0.29) is 17.3 Å². The van der Waals surface area contributed by atoms with Gasteiger partial charge in [0.05, 0.1) is 5.92 Å². The van der Waals surface area contributed by atoms with Gasteiger partial charge in [0.15, 0.2) is 5.84 Å². The molecule has 0 bridgehead atoms. The van der Waals surface area contributed by atoms with Crippen LogP contribution in [0.5, 0.6) is 0 Å². The van der Waals surface area contributed by atoms with Gasteiger partial charge in [-0.25, -0.2) is 0 Å². The number of carbonyl (C=O) groups excluding carboxylic acids is 1. The maximum Gasteiger partial charge on any atom is 0.231 e. The molecule has 4 N–H and O–H groups in total. The average molecular weight is 243 g/mol. The predicted molar refractivity (Wildman–Crippen MR) is 63.8 cm³/mol. The standard InChI is InChI=1S/C11H21N3O3/c1-3-8(9(12)14-16)10(15)13-11(2)4-6-17-7-5-11/h8,16H,3-7H2,1-2H3,(H2,12,14)(H,13,15). The molecule has 1 saturated heterocycles. The Morgan fingerprint density at radius 3 is 2.65 bits per heavy atom. The van der Waals surface area contributed by atoms with Crippen LogP contribution < -0.4 is 11.1 Å². The monoisotopic (exact) mass is 243 g/mol. The van der Waals surface area contributed by atoms with Crippen molar-refractivity contribution in [2.75, 3.05) is 13.2 Å². The van der Waals surface area contributed by atoms with Crippen LogP contribution in [0.4, 0.5) is 0 Å². The van der Waals surface area contributed by atoms with Crippen LogP contribution >= 0.6 is 0 Å². The van der Waals surface area contributed by atoms with E-state index in [2.05, 4.69) is 10.5 Å². The zero-order valence-electron chi connectivity index (χ0n) is 10.4. The van der Waals surface area contributed by atoms with Gasteiger partial charge >= 0.3 is 0 Å². The van der Waals surface area contributed by atoms with Gasteiger partial charge in [-0.15, -0.1) is 0 Å². The summed E-state index contributed by atoms with van der Waals surface area (Å²) in [7, 11) is 0. The third kappa shape index (κ3) is 3.59. The van der Waals surface area contributed by atoms with Gasteiger partial charge in [0, 0.05) is 18.8 Å². The Bertz CT molecular complexity index is 298. The number of amidine groups is 1. The molecule has 0 aliphatic carbocycles. The van der Waals surface area contributed by atoms with Crippen LogP contribution in [0.3, 0.4) is 0 Å². The van der Waals surface area contributed by atoms with E-state index < -0.39 is 5.92 Å². The van der Waals surface area contributed by atoms with Crippen molar-refractivity contribution >= 4 is 11.7 Å². The summed E-state index contributed by atoms with van der Waals surface area (Å²) in [5.41, 5.74) is 5.24. The zero-order chi connectivity index (χ0) is 12.9. The van der Waals surface area contributed by atoms with Crippen LogP contribution in [0.25, 0.3) is 0 Å². The summed E-state index contributed by atoms with van der Waals surface area (Å²) in [5.74, 6) is -0.799. The highest BCUT2D eigenvalue weighted by Gasteiger charge is 2.32. The number of nitrogens with one attached hydrogen (secondary N) is 1. The first kappa shape index (κ1) is 13.8. The van der Waals surface area contributed by atoms with E-state index in [9.17, 15) is 4.79 Å². The van der Waals surface area contributed by atoms with Crippen LogP contribution in [-0.4, -0.2) is 35.7 Å². The average Bonchev–Trinajstić information content (AvgIpc) is 2.29. The van der Waals surface area contributed by atoms with E-state index in [1.165, 1.54) is 0 Å². The van der Waals surface area contributed by atoms with Crippen LogP contribution in [0.2, 0.25) is 0 Å². The molecule has 1 atom stereocenters. The molecule has 0 aromatic carbocycles. The number of oxime groups is 1. The molecule has 0 saturated carbocycles. The fourth-order valence-electron chi connectivity index (χ4n) is 1.93. The fourth-order valence-corrected chi connectivity index (χ4v) is 1.93. The molecular formula is C11H21N3O3. The minimum atomic E-state index is -0.570. The molecule has 98 valence electrons. The molecule has 0 aromatic heterocycles. The third-order valence-corrected chi connectivity index (χ3v) is 3.22. The zero-order valence-corrected chi connectivity index (χ0v) is 10.4. The van der Waals surface area contributed by atoms with Gasteiger partial charge in [-0.05, 0) is 26.2 Å². The van der Waals surface area contributed by atoms with Crippen molar-refractivity contribution < 1.29 is 14.7 Å². The third-order valence-electron chi connectivity index (χ3n) is 3.22. The molecule has 17 heavy (non-hydrogen) atoms. The first-order valence-electron chi connectivity index (χ1n) is 5.89. The molecule has 1 amide bonds. The molecule has 1 aliphatic heterocycles. The Hall–Kier alpha value is -1.30. The summed E-state index contributed by atoms with van der Waals surface area (Å²) in [6.45, 7) is 5.12. The van der Waals surface area contributed by atoms with Crippen molar-refractivity contribution in [3.63, 3.8) is 0 Å². The van der Waals surface area contributed by atoms with Gasteiger partial charge < -0.3 is 21.0 Å². The summed E-state index contributed by atoms with van der Waals surface area (Å²) in [6, 6.07) is 0. The van der Waals surface area contributed by atoms with Crippen molar-refractivity contribution in [1.29, 1.82) is 0 Å². The van der Waals surface area contributed by atoms with Gasteiger partial charge in [0.2, 0.25) is 5.91 Å². The van der Waals surface area contributed by atoms with Crippen LogP contribution in [0.15, 0.2) is 5.16 Å². The summed E-state index contributed by atoms with van der Waals surface area (Å²) < 4.78 is 5.26. The van der Waals surface area contributed by atoms with E-state index in [0.29, 0.717) is 19.6 Å². The van der Waals surface area contributed by atoms with Gasteiger partial charge in [-0.2, -0.15) is 0 Å². The molecule has 1 heterocycles. The molecule has 6 nitrogen and oxygen atoms in total. The second-order valence-corrected chi connectivity index (χ2v) is 4.65. The van der Waals surface area contributed by atoms with E-state index in [0.717, 1.165) is 12.8 Å².